The van der Waals surface area contributed by atoms with Crippen LogP contribution in [0.4, 0.5) is 5.69 Å². The summed E-state index contributed by atoms with van der Waals surface area (Å²) >= 11 is 3.58. The number of anilines is 1. The Labute approximate surface area is 172 Å². The van der Waals surface area contributed by atoms with Crippen molar-refractivity contribution in [2.24, 2.45) is 7.05 Å². The number of fused-ring (bicyclic) bond motifs is 2. The van der Waals surface area contributed by atoms with Crippen LogP contribution < -0.4 is 4.90 Å². The van der Waals surface area contributed by atoms with Crippen molar-refractivity contribution in [3.63, 3.8) is 0 Å². The first-order chi connectivity index (χ1) is 13.5. The molecular weight excluding hydrogens is 412 g/mol. The maximum absolute atomic E-state index is 13.9. The number of para-hydroxylation sites is 1. The van der Waals surface area contributed by atoms with Gasteiger partial charge in [0, 0.05) is 52.5 Å². The molecule has 4 aromatic rings. The van der Waals surface area contributed by atoms with Crippen molar-refractivity contribution < 1.29 is 4.79 Å². The Hall–Kier alpha value is -2.85. The second kappa shape index (κ2) is 6.08. The fourth-order valence-electron chi connectivity index (χ4n) is 4.60. The largest absolute Gasteiger partial charge is 0.350 e. The van der Waals surface area contributed by atoms with Crippen LogP contribution in [0.1, 0.15) is 16.7 Å². The summed E-state index contributed by atoms with van der Waals surface area (Å²) in [6, 6.07) is 24.5. The minimum Gasteiger partial charge on any atom is -0.350 e. The maximum atomic E-state index is 13.9. The first kappa shape index (κ1) is 17.3. The minimum absolute atomic E-state index is 0.0790. The highest BCUT2D eigenvalue weighted by Crippen LogP contribution is 2.51. The van der Waals surface area contributed by atoms with Crippen LogP contribution in [0, 0.1) is 0 Å². The summed E-state index contributed by atoms with van der Waals surface area (Å²) in [5.74, 6) is 0.0790. The summed E-state index contributed by atoms with van der Waals surface area (Å²) in [6.45, 7) is 0. The van der Waals surface area contributed by atoms with E-state index in [9.17, 15) is 4.79 Å². The topological polar surface area (TPSA) is 25.2 Å². The van der Waals surface area contributed by atoms with Crippen LogP contribution in [0.3, 0.4) is 0 Å². The average molecular weight is 431 g/mol. The number of amides is 1. The summed E-state index contributed by atoms with van der Waals surface area (Å²) < 4.78 is 3.13. The van der Waals surface area contributed by atoms with Crippen LogP contribution in [0.5, 0.6) is 0 Å². The number of hydrogen-bond acceptors (Lipinski definition) is 1. The SMILES string of the molecule is CN1C(=O)C(c2ccccc2)(c2cn(C)c3cc(Br)ccc23)c2ccccc21. The van der Waals surface area contributed by atoms with Gasteiger partial charge in [-0.25, -0.2) is 0 Å². The van der Waals surface area contributed by atoms with E-state index < -0.39 is 5.41 Å². The lowest BCUT2D eigenvalue weighted by Gasteiger charge is -2.29. The third kappa shape index (κ3) is 2.12. The molecule has 2 heterocycles. The van der Waals surface area contributed by atoms with E-state index in [1.807, 2.05) is 56.6 Å². The minimum atomic E-state index is -0.861. The number of halogens is 1. The number of nitrogens with zero attached hydrogens (tertiary/aromatic N) is 2. The normalized spacial score (nSPS) is 18.7. The number of aryl methyl sites for hydroxylation is 1. The van der Waals surface area contributed by atoms with E-state index in [4.69, 9.17) is 0 Å². The first-order valence-corrected chi connectivity index (χ1v) is 10.0. The monoisotopic (exact) mass is 430 g/mol. The van der Waals surface area contributed by atoms with Crippen LogP contribution in [-0.2, 0) is 17.3 Å². The van der Waals surface area contributed by atoms with E-state index in [-0.39, 0.29) is 5.91 Å². The molecule has 1 aliphatic rings. The summed E-state index contributed by atoms with van der Waals surface area (Å²) in [5, 5.41) is 1.09. The number of carbonyl (C=O) groups is 1. The molecule has 0 aliphatic carbocycles. The summed E-state index contributed by atoms with van der Waals surface area (Å²) in [7, 11) is 3.90. The van der Waals surface area contributed by atoms with Gasteiger partial charge in [0.2, 0.25) is 5.91 Å². The zero-order chi connectivity index (χ0) is 19.5. The third-order valence-corrected chi connectivity index (χ3v) is 6.35. The Morgan fingerprint density at radius 2 is 1.57 bits per heavy atom. The van der Waals surface area contributed by atoms with Crippen molar-refractivity contribution in [2.45, 2.75) is 5.41 Å². The Kier molecular flexibility index (Phi) is 3.75. The number of benzene rings is 3. The fraction of sp³-hybridized carbons (Fsp3) is 0.125. The Morgan fingerprint density at radius 1 is 0.857 bits per heavy atom. The average Bonchev–Trinajstić information content (AvgIpc) is 3.16. The first-order valence-electron chi connectivity index (χ1n) is 9.23. The molecule has 0 radical (unpaired) electrons. The van der Waals surface area contributed by atoms with Gasteiger partial charge in [0.05, 0.1) is 0 Å². The van der Waals surface area contributed by atoms with Crippen molar-refractivity contribution in [2.75, 3.05) is 11.9 Å². The lowest BCUT2D eigenvalue weighted by Crippen LogP contribution is -2.40. The molecule has 138 valence electrons. The van der Waals surface area contributed by atoms with Gasteiger partial charge in [-0.3, -0.25) is 4.79 Å². The molecule has 5 rings (SSSR count). The predicted octanol–water partition coefficient (Wildman–Crippen LogP) is 5.25. The third-order valence-electron chi connectivity index (χ3n) is 5.86. The molecule has 1 amide bonds. The smallest absolute Gasteiger partial charge is 0.246 e. The van der Waals surface area contributed by atoms with Gasteiger partial charge in [0.15, 0.2) is 0 Å². The molecule has 0 bridgehead atoms. The molecule has 3 aromatic carbocycles. The molecule has 0 fully saturated rings. The molecular formula is C24H19BrN2O. The fourth-order valence-corrected chi connectivity index (χ4v) is 4.95. The Morgan fingerprint density at radius 3 is 2.36 bits per heavy atom. The lowest BCUT2D eigenvalue weighted by atomic mass is 9.70. The van der Waals surface area contributed by atoms with Gasteiger partial charge in [-0.1, -0.05) is 70.5 Å². The van der Waals surface area contributed by atoms with Gasteiger partial charge < -0.3 is 9.47 Å². The molecule has 28 heavy (non-hydrogen) atoms. The van der Waals surface area contributed by atoms with Gasteiger partial charge in [-0.05, 0) is 23.8 Å². The Balaban J connectivity index is 1.96. The molecule has 1 unspecified atom stereocenters. The zero-order valence-electron chi connectivity index (χ0n) is 15.7. The van der Waals surface area contributed by atoms with Crippen molar-refractivity contribution in [1.82, 2.24) is 4.57 Å². The van der Waals surface area contributed by atoms with Gasteiger partial charge in [0.1, 0.15) is 5.41 Å². The number of aromatic nitrogens is 1. The van der Waals surface area contributed by atoms with Gasteiger partial charge in [-0.2, -0.15) is 0 Å². The van der Waals surface area contributed by atoms with Gasteiger partial charge in [-0.15, -0.1) is 0 Å². The van der Waals surface area contributed by atoms with Crippen LogP contribution in [0.25, 0.3) is 10.9 Å². The molecule has 0 saturated heterocycles. The number of likely N-dealkylation sites (N-methyl/N-ethyl adjacent to an activating group) is 1. The molecule has 1 aliphatic heterocycles. The maximum Gasteiger partial charge on any atom is 0.246 e. The highest BCUT2D eigenvalue weighted by atomic mass is 79.9. The molecule has 3 nitrogen and oxygen atoms in total. The van der Waals surface area contributed by atoms with Crippen LogP contribution in [0.2, 0.25) is 0 Å². The van der Waals surface area contributed by atoms with Crippen LogP contribution in [-0.4, -0.2) is 17.5 Å². The predicted molar refractivity (Wildman–Crippen MR) is 117 cm³/mol. The standard InChI is InChI=1S/C24H19BrN2O/c1-26-15-20(18-13-12-17(25)14-22(18)26)24(16-8-4-3-5-9-16)19-10-6-7-11-21(19)27(2)23(24)28/h3-15H,1-2H3. The second-order valence-electron chi connectivity index (χ2n) is 7.31. The summed E-state index contributed by atoms with van der Waals surface area (Å²) in [4.78, 5) is 15.7. The second-order valence-corrected chi connectivity index (χ2v) is 8.23. The van der Waals surface area contributed by atoms with Crippen molar-refractivity contribution in [3.05, 3.63) is 100 Å². The van der Waals surface area contributed by atoms with E-state index in [0.717, 1.165) is 37.8 Å². The van der Waals surface area contributed by atoms with E-state index in [1.165, 1.54) is 0 Å². The summed E-state index contributed by atoms with van der Waals surface area (Å²) in [5.41, 5.74) is 4.24. The van der Waals surface area contributed by atoms with E-state index in [1.54, 1.807) is 4.90 Å². The van der Waals surface area contributed by atoms with E-state index in [0.29, 0.717) is 0 Å². The number of hydrogen-bond donors (Lipinski definition) is 0. The molecule has 1 aromatic heterocycles. The Bertz CT molecular complexity index is 1230. The van der Waals surface area contributed by atoms with Crippen molar-refractivity contribution in [3.8, 4) is 0 Å². The zero-order valence-corrected chi connectivity index (χ0v) is 17.3. The van der Waals surface area contributed by atoms with Gasteiger partial charge in [0.25, 0.3) is 0 Å². The number of rotatable bonds is 2. The summed E-state index contributed by atoms with van der Waals surface area (Å²) in [6.07, 6.45) is 2.11. The van der Waals surface area contributed by atoms with Crippen LogP contribution >= 0.6 is 15.9 Å². The molecule has 1 atom stereocenters. The van der Waals surface area contributed by atoms with Gasteiger partial charge >= 0.3 is 0 Å². The van der Waals surface area contributed by atoms with E-state index in [2.05, 4.69) is 57.0 Å². The van der Waals surface area contributed by atoms with E-state index >= 15 is 0 Å². The highest BCUT2D eigenvalue weighted by molar-refractivity contribution is 9.10. The number of carbonyl (C=O) groups excluding carboxylic acids is 1. The molecule has 0 N–H and O–H groups in total. The quantitative estimate of drug-likeness (QED) is 0.426. The van der Waals surface area contributed by atoms with Crippen molar-refractivity contribution >= 4 is 38.4 Å². The van der Waals surface area contributed by atoms with Crippen LogP contribution in [0.15, 0.2) is 83.5 Å². The van der Waals surface area contributed by atoms with Crippen molar-refractivity contribution in [1.29, 1.82) is 0 Å². The molecule has 4 heteroatoms. The lowest BCUT2D eigenvalue weighted by molar-refractivity contribution is -0.120. The molecule has 0 spiro atoms. The highest BCUT2D eigenvalue weighted by Gasteiger charge is 2.53. The molecule has 0 saturated carbocycles.